The van der Waals surface area contributed by atoms with Crippen LogP contribution in [0.2, 0.25) is 0 Å². The highest BCUT2D eigenvalue weighted by molar-refractivity contribution is 6.02. The predicted molar refractivity (Wildman–Crippen MR) is 64.8 cm³/mol. The van der Waals surface area contributed by atoms with Crippen molar-refractivity contribution in [3.05, 3.63) is 29.6 Å². The second kappa shape index (κ2) is 5.59. The molecule has 4 N–H and O–H groups in total. The van der Waals surface area contributed by atoms with E-state index in [4.69, 9.17) is 10.8 Å². The monoisotopic (exact) mass is 254 g/mol. The van der Waals surface area contributed by atoms with Crippen molar-refractivity contribution < 1.29 is 19.1 Å². The van der Waals surface area contributed by atoms with Gasteiger partial charge in [0.1, 0.15) is 5.82 Å². The van der Waals surface area contributed by atoms with Gasteiger partial charge in [0.15, 0.2) is 0 Å². The summed E-state index contributed by atoms with van der Waals surface area (Å²) in [7, 11) is 0. The number of halogens is 1. The molecule has 1 amide bonds. The number of nitrogens with one attached hydrogen (secondary N) is 1. The molecule has 98 valence electrons. The SMILES string of the molecule is CC(C)C(N)C(=O)Nc1cc(F)ccc1C(=O)O. The van der Waals surface area contributed by atoms with Crippen LogP contribution in [0.15, 0.2) is 18.2 Å². The minimum Gasteiger partial charge on any atom is -0.478 e. The Balaban J connectivity index is 2.99. The molecular formula is C12H15FN2O3. The fraction of sp³-hybridized carbons (Fsp3) is 0.333. The molecule has 0 fully saturated rings. The fourth-order valence-corrected chi connectivity index (χ4v) is 1.33. The van der Waals surface area contributed by atoms with Crippen LogP contribution in [-0.2, 0) is 4.79 Å². The van der Waals surface area contributed by atoms with Crippen LogP contribution >= 0.6 is 0 Å². The van der Waals surface area contributed by atoms with Gasteiger partial charge in [-0.3, -0.25) is 4.79 Å². The van der Waals surface area contributed by atoms with E-state index in [-0.39, 0.29) is 17.2 Å². The Labute approximate surface area is 104 Å². The molecule has 0 saturated carbocycles. The lowest BCUT2D eigenvalue weighted by atomic mass is 10.0. The number of amides is 1. The molecule has 1 aromatic rings. The number of rotatable bonds is 4. The molecular weight excluding hydrogens is 239 g/mol. The summed E-state index contributed by atoms with van der Waals surface area (Å²) in [5.41, 5.74) is 5.35. The molecule has 0 bridgehead atoms. The van der Waals surface area contributed by atoms with Gasteiger partial charge in [-0.2, -0.15) is 0 Å². The highest BCUT2D eigenvalue weighted by atomic mass is 19.1. The Hall–Kier alpha value is -1.95. The molecule has 0 radical (unpaired) electrons. The highest BCUT2D eigenvalue weighted by Gasteiger charge is 2.20. The Morgan fingerprint density at radius 2 is 2.00 bits per heavy atom. The van der Waals surface area contributed by atoms with Crippen molar-refractivity contribution in [3.63, 3.8) is 0 Å². The van der Waals surface area contributed by atoms with Gasteiger partial charge in [-0.25, -0.2) is 9.18 Å². The topological polar surface area (TPSA) is 92.4 Å². The molecule has 0 saturated heterocycles. The summed E-state index contributed by atoms with van der Waals surface area (Å²) in [6, 6.07) is 2.28. The van der Waals surface area contributed by atoms with E-state index in [9.17, 15) is 14.0 Å². The summed E-state index contributed by atoms with van der Waals surface area (Å²) in [6.07, 6.45) is 0. The molecule has 0 aliphatic carbocycles. The summed E-state index contributed by atoms with van der Waals surface area (Å²) >= 11 is 0. The molecule has 6 heteroatoms. The van der Waals surface area contributed by atoms with Crippen molar-refractivity contribution in [2.75, 3.05) is 5.32 Å². The van der Waals surface area contributed by atoms with E-state index in [0.29, 0.717) is 0 Å². The van der Waals surface area contributed by atoms with Crippen LogP contribution in [0.5, 0.6) is 0 Å². The Bertz CT molecular complexity index is 474. The lowest BCUT2D eigenvalue weighted by molar-refractivity contribution is -0.118. The minimum atomic E-state index is -1.25. The van der Waals surface area contributed by atoms with E-state index in [2.05, 4.69) is 5.32 Å². The van der Waals surface area contributed by atoms with Gasteiger partial charge in [0.05, 0.1) is 17.3 Å². The maximum absolute atomic E-state index is 13.0. The Kier molecular flexibility index (Phi) is 4.38. The Morgan fingerprint density at radius 3 is 2.50 bits per heavy atom. The van der Waals surface area contributed by atoms with Gasteiger partial charge in [-0.15, -0.1) is 0 Å². The molecule has 0 aromatic heterocycles. The zero-order valence-corrected chi connectivity index (χ0v) is 10.1. The third-order valence-corrected chi connectivity index (χ3v) is 2.49. The predicted octanol–water partition coefficient (Wildman–Crippen LogP) is 1.45. The smallest absolute Gasteiger partial charge is 0.337 e. The number of carboxylic acid groups (broad SMARTS) is 1. The normalized spacial score (nSPS) is 12.3. The summed E-state index contributed by atoms with van der Waals surface area (Å²) in [6.45, 7) is 3.52. The summed E-state index contributed by atoms with van der Waals surface area (Å²) in [4.78, 5) is 22.6. The van der Waals surface area contributed by atoms with E-state index in [0.717, 1.165) is 18.2 Å². The number of aromatic carboxylic acids is 1. The van der Waals surface area contributed by atoms with Crippen molar-refractivity contribution in [2.24, 2.45) is 11.7 Å². The molecule has 1 rings (SSSR count). The summed E-state index contributed by atoms with van der Waals surface area (Å²) in [5, 5.41) is 11.2. The molecule has 1 aromatic carbocycles. The maximum atomic E-state index is 13.0. The van der Waals surface area contributed by atoms with Gasteiger partial charge in [0, 0.05) is 0 Å². The highest BCUT2D eigenvalue weighted by Crippen LogP contribution is 2.18. The van der Waals surface area contributed by atoms with Crippen molar-refractivity contribution in [3.8, 4) is 0 Å². The van der Waals surface area contributed by atoms with Crippen LogP contribution in [-0.4, -0.2) is 23.0 Å². The van der Waals surface area contributed by atoms with E-state index < -0.39 is 23.7 Å². The second-order valence-electron chi connectivity index (χ2n) is 4.25. The lowest BCUT2D eigenvalue weighted by Gasteiger charge is -2.16. The zero-order chi connectivity index (χ0) is 13.9. The number of benzene rings is 1. The maximum Gasteiger partial charge on any atom is 0.337 e. The van der Waals surface area contributed by atoms with Gasteiger partial charge >= 0.3 is 5.97 Å². The molecule has 5 nitrogen and oxygen atoms in total. The average molecular weight is 254 g/mol. The number of carbonyl (C=O) groups excluding carboxylic acids is 1. The summed E-state index contributed by atoms with van der Waals surface area (Å²) < 4.78 is 13.0. The first kappa shape index (κ1) is 14.1. The second-order valence-corrected chi connectivity index (χ2v) is 4.25. The van der Waals surface area contributed by atoms with Crippen LogP contribution in [0.3, 0.4) is 0 Å². The molecule has 0 heterocycles. The van der Waals surface area contributed by atoms with Crippen LogP contribution in [0.4, 0.5) is 10.1 Å². The van der Waals surface area contributed by atoms with Crippen molar-refractivity contribution in [1.29, 1.82) is 0 Å². The van der Waals surface area contributed by atoms with Gasteiger partial charge in [0.2, 0.25) is 5.91 Å². The lowest BCUT2D eigenvalue weighted by Crippen LogP contribution is -2.40. The van der Waals surface area contributed by atoms with Crippen molar-refractivity contribution in [2.45, 2.75) is 19.9 Å². The molecule has 1 unspecified atom stereocenters. The largest absolute Gasteiger partial charge is 0.478 e. The van der Waals surface area contributed by atoms with Crippen molar-refractivity contribution >= 4 is 17.6 Å². The van der Waals surface area contributed by atoms with E-state index in [1.807, 2.05) is 0 Å². The number of carbonyl (C=O) groups is 2. The first-order valence-corrected chi connectivity index (χ1v) is 5.42. The van der Waals surface area contributed by atoms with Crippen molar-refractivity contribution in [1.82, 2.24) is 0 Å². The Morgan fingerprint density at radius 1 is 1.39 bits per heavy atom. The van der Waals surface area contributed by atoms with Crippen LogP contribution in [0.25, 0.3) is 0 Å². The van der Waals surface area contributed by atoms with Gasteiger partial charge in [0.25, 0.3) is 0 Å². The van der Waals surface area contributed by atoms with E-state index in [1.165, 1.54) is 0 Å². The van der Waals surface area contributed by atoms with Gasteiger partial charge in [-0.05, 0) is 24.1 Å². The number of anilines is 1. The number of hydrogen-bond donors (Lipinski definition) is 3. The number of carboxylic acids is 1. The molecule has 0 spiro atoms. The quantitative estimate of drug-likeness (QED) is 0.758. The van der Waals surface area contributed by atoms with Crippen LogP contribution < -0.4 is 11.1 Å². The van der Waals surface area contributed by atoms with E-state index in [1.54, 1.807) is 13.8 Å². The van der Waals surface area contributed by atoms with Gasteiger partial charge < -0.3 is 16.2 Å². The van der Waals surface area contributed by atoms with Crippen LogP contribution in [0.1, 0.15) is 24.2 Å². The summed E-state index contributed by atoms with van der Waals surface area (Å²) in [5.74, 6) is -2.53. The fourth-order valence-electron chi connectivity index (χ4n) is 1.33. The van der Waals surface area contributed by atoms with Crippen LogP contribution in [0, 0.1) is 11.7 Å². The molecule has 0 aliphatic rings. The zero-order valence-electron chi connectivity index (χ0n) is 10.1. The third kappa shape index (κ3) is 3.27. The first-order valence-electron chi connectivity index (χ1n) is 5.42. The van der Waals surface area contributed by atoms with Gasteiger partial charge in [-0.1, -0.05) is 13.8 Å². The first-order chi connectivity index (χ1) is 8.32. The molecule has 0 aliphatic heterocycles. The molecule has 1 atom stereocenters. The van der Waals surface area contributed by atoms with E-state index >= 15 is 0 Å². The average Bonchev–Trinajstić information content (AvgIpc) is 2.27. The number of hydrogen-bond acceptors (Lipinski definition) is 3. The third-order valence-electron chi connectivity index (χ3n) is 2.49. The number of nitrogens with two attached hydrogens (primary N) is 1. The minimum absolute atomic E-state index is 0.0939. The molecule has 18 heavy (non-hydrogen) atoms. The standard InChI is InChI=1S/C12H15FN2O3/c1-6(2)10(14)11(16)15-9-5-7(13)3-4-8(9)12(17)18/h3-6,10H,14H2,1-2H3,(H,15,16)(H,17,18).